The molecule has 2 rings (SSSR count). The SMILES string of the molecule is NC1CCNCC1c1ccsc1. The molecule has 2 heterocycles. The highest BCUT2D eigenvalue weighted by Crippen LogP contribution is 2.23. The van der Waals surface area contributed by atoms with E-state index in [9.17, 15) is 0 Å². The summed E-state index contributed by atoms with van der Waals surface area (Å²) in [4.78, 5) is 0. The highest BCUT2D eigenvalue weighted by atomic mass is 32.1. The molecule has 0 amide bonds. The fourth-order valence-electron chi connectivity index (χ4n) is 1.73. The molecule has 3 heteroatoms. The van der Waals surface area contributed by atoms with Gasteiger partial charge in [-0.05, 0) is 35.4 Å². The highest BCUT2D eigenvalue weighted by Gasteiger charge is 2.22. The van der Waals surface area contributed by atoms with Crippen LogP contribution >= 0.6 is 11.3 Å². The van der Waals surface area contributed by atoms with E-state index in [2.05, 4.69) is 22.1 Å². The number of thiophene rings is 1. The van der Waals surface area contributed by atoms with Gasteiger partial charge < -0.3 is 11.1 Å². The molecule has 12 heavy (non-hydrogen) atoms. The Kier molecular flexibility index (Phi) is 2.44. The van der Waals surface area contributed by atoms with Crippen molar-refractivity contribution in [2.24, 2.45) is 5.73 Å². The van der Waals surface area contributed by atoms with Crippen LogP contribution in [-0.4, -0.2) is 19.1 Å². The first-order chi connectivity index (χ1) is 5.88. The van der Waals surface area contributed by atoms with Crippen molar-refractivity contribution in [1.29, 1.82) is 0 Å². The average molecular weight is 182 g/mol. The van der Waals surface area contributed by atoms with Crippen LogP contribution in [0.4, 0.5) is 0 Å². The lowest BCUT2D eigenvalue weighted by Gasteiger charge is -2.28. The monoisotopic (exact) mass is 182 g/mol. The Morgan fingerprint density at radius 2 is 2.50 bits per heavy atom. The molecule has 1 fully saturated rings. The van der Waals surface area contributed by atoms with E-state index < -0.39 is 0 Å². The molecule has 3 N–H and O–H groups in total. The third-order valence-corrected chi connectivity index (χ3v) is 3.21. The Morgan fingerprint density at radius 3 is 3.17 bits per heavy atom. The second-order valence-corrected chi connectivity index (χ2v) is 4.10. The number of hydrogen-bond donors (Lipinski definition) is 2. The average Bonchev–Trinajstić information content (AvgIpc) is 2.57. The fraction of sp³-hybridized carbons (Fsp3) is 0.556. The van der Waals surface area contributed by atoms with Crippen LogP contribution in [0.2, 0.25) is 0 Å². The molecule has 0 aliphatic carbocycles. The minimum atomic E-state index is 0.348. The van der Waals surface area contributed by atoms with Crippen LogP contribution in [0, 0.1) is 0 Å². The van der Waals surface area contributed by atoms with Crippen LogP contribution in [0.15, 0.2) is 16.8 Å². The van der Waals surface area contributed by atoms with Crippen molar-refractivity contribution in [3.05, 3.63) is 22.4 Å². The maximum absolute atomic E-state index is 6.03. The summed E-state index contributed by atoms with van der Waals surface area (Å²) in [6, 6.07) is 2.53. The summed E-state index contributed by atoms with van der Waals surface area (Å²) in [7, 11) is 0. The first-order valence-electron chi connectivity index (χ1n) is 4.36. The van der Waals surface area contributed by atoms with Crippen molar-refractivity contribution in [2.75, 3.05) is 13.1 Å². The third kappa shape index (κ3) is 1.53. The lowest BCUT2D eigenvalue weighted by molar-refractivity contribution is 0.403. The fourth-order valence-corrected chi connectivity index (χ4v) is 2.45. The van der Waals surface area contributed by atoms with E-state index in [0.717, 1.165) is 19.5 Å². The summed E-state index contributed by atoms with van der Waals surface area (Å²) >= 11 is 1.75. The van der Waals surface area contributed by atoms with Crippen molar-refractivity contribution >= 4 is 11.3 Å². The first-order valence-corrected chi connectivity index (χ1v) is 5.30. The number of piperidine rings is 1. The predicted molar refractivity (Wildman–Crippen MR) is 52.5 cm³/mol. The molecule has 2 atom stereocenters. The molecule has 2 nitrogen and oxygen atoms in total. The molecule has 0 radical (unpaired) electrons. The van der Waals surface area contributed by atoms with Gasteiger partial charge in [0.1, 0.15) is 0 Å². The molecule has 1 aromatic rings. The Balaban J connectivity index is 2.11. The van der Waals surface area contributed by atoms with E-state index in [1.54, 1.807) is 11.3 Å². The van der Waals surface area contributed by atoms with Gasteiger partial charge in [-0.25, -0.2) is 0 Å². The second-order valence-electron chi connectivity index (χ2n) is 3.32. The smallest absolute Gasteiger partial charge is 0.0132 e. The van der Waals surface area contributed by atoms with Gasteiger partial charge in [-0.3, -0.25) is 0 Å². The zero-order valence-corrected chi connectivity index (χ0v) is 7.81. The van der Waals surface area contributed by atoms with Crippen molar-refractivity contribution in [3.8, 4) is 0 Å². The topological polar surface area (TPSA) is 38.0 Å². The van der Waals surface area contributed by atoms with E-state index in [-0.39, 0.29) is 0 Å². The van der Waals surface area contributed by atoms with Gasteiger partial charge in [-0.2, -0.15) is 11.3 Å². The predicted octanol–water partition coefficient (Wildman–Crippen LogP) is 1.15. The minimum absolute atomic E-state index is 0.348. The second kappa shape index (κ2) is 3.56. The zero-order valence-electron chi connectivity index (χ0n) is 6.99. The van der Waals surface area contributed by atoms with E-state index in [1.165, 1.54) is 5.56 Å². The van der Waals surface area contributed by atoms with Crippen LogP contribution in [0.5, 0.6) is 0 Å². The van der Waals surface area contributed by atoms with E-state index >= 15 is 0 Å². The molecular weight excluding hydrogens is 168 g/mol. The van der Waals surface area contributed by atoms with E-state index in [0.29, 0.717) is 12.0 Å². The van der Waals surface area contributed by atoms with E-state index in [4.69, 9.17) is 5.73 Å². The zero-order chi connectivity index (χ0) is 8.39. The van der Waals surface area contributed by atoms with Gasteiger partial charge in [-0.1, -0.05) is 0 Å². The first kappa shape index (κ1) is 8.23. The largest absolute Gasteiger partial charge is 0.327 e. The third-order valence-electron chi connectivity index (χ3n) is 2.51. The Hall–Kier alpha value is -0.380. The van der Waals surface area contributed by atoms with Gasteiger partial charge in [-0.15, -0.1) is 0 Å². The Labute approximate surface area is 76.8 Å². The van der Waals surface area contributed by atoms with Gasteiger partial charge in [0.05, 0.1) is 0 Å². The molecule has 0 aromatic carbocycles. The van der Waals surface area contributed by atoms with Gasteiger partial charge in [0.2, 0.25) is 0 Å². The van der Waals surface area contributed by atoms with Crippen molar-refractivity contribution in [2.45, 2.75) is 18.4 Å². The summed E-state index contributed by atoms with van der Waals surface area (Å²) in [5.41, 5.74) is 7.44. The minimum Gasteiger partial charge on any atom is -0.327 e. The molecule has 66 valence electrons. The van der Waals surface area contributed by atoms with Crippen LogP contribution in [-0.2, 0) is 0 Å². The highest BCUT2D eigenvalue weighted by molar-refractivity contribution is 7.07. The number of rotatable bonds is 1. The van der Waals surface area contributed by atoms with Gasteiger partial charge in [0.25, 0.3) is 0 Å². The molecule has 1 aromatic heterocycles. The number of hydrogen-bond acceptors (Lipinski definition) is 3. The van der Waals surface area contributed by atoms with Crippen molar-refractivity contribution in [3.63, 3.8) is 0 Å². The lowest BCUT2D eigenvalue weighted by Crippen LogP contribution is -2.42. The van der Waals surface area contributed by atoms with Gasteiger partial charge >= 0.3 is 0 Å². The van der Waals surface area contributed by atoms with E-state index in [1.807, 2.05) is 0 Å². The van der Waals surface area contributed by atoms with Crippen LogP contribution in [0.1, 0.15) is 17.9 Å². The molecule has 1 saturated heterocycles. The van der Waals surface area contributed by atoms with Gasteiger partial charge in [0, 0.05) is 18.5 Å². The number of nitrogens with two attached hydrogens (primary N) is 1. The summed E-state index contributed by atoms with van der Waals surface area (Å²) in [5, 5.41) is 7.71. The number of nitrogens with one attached hydrogen (secondary N) is 1. The summed E-state index contributed by atoms with van der Waals surface area (Å²) < 4.78 is 0. The molecule has 0 bridgehead atoms. The van der Waals surface area contributed by atoms with Crippen LogP contribution in [0.3, 0.4) is 0 Å². The van der Waals surface area contributed by atoms with Gasteiger partial charge in [0.15, 0.2) is 0 Å². The molecule has 2 unspecified atom stereocenters. The molecule has 0 saturated carbocycles. The molecule has 1 aliphatic heterocycles. The lowest BCUT2D eigenvalue weighted by atomic mass is 9.89. The van der Waals surface area contributed by atoms with Crippen molar-refractivity contribution < 1.29 is 0 Å². The summed E-state index contributed by atoms with van der Waals surface area (Å²) in [6.45, 7) is 2.11. The van der Waals surface area contributed by atoms with Crippen molar-refractivity contribution in [1.82, 2.24) is 5.32 Å². The Morgan fingerprint density at radius 1 is 1.58 bits per heavy atom. The van der Waals surface area contributed by atoms with Crippen LogP contribution < -0.4 is 11.1 Å². The standard InChI is InChI=1S/C9H14N2S/c10-9-1-3-11-5-8(9)7-2-4-12-6-7/h2,4,6,8-9,11H,1,3,5,10H2. The summed E-state index contributed by atoms with van der Waals surface area (Å²) in [5.74, 6) is 0.532. The maximum atomic E-state index is 6.03. The quantitative estimate of drug-likeness (QED) is 0.684. The van der Waals surface area contributed by atoms with Crippen LogP contribution in [0.25, 0.3) is 0 Å². The Bertz CT molecular complexity index is 233. The summed E-state index contributed by atoms with van der Waals surface area (Å²) in [6.07, 6.45) is 1.10. The normalized spacial score (nSPS) is 30.4. The maximum Gasteiger partial charge on any atom is 0.0132 e. The molecule has 0 spiro atoms. The molecular formula is C9H14N2S. The molecule has 1 aliphatic rings.